The van der Waals surface area contributed by atoms with Crippen molar-refractivity contribution < 1.29 is 9.42 Å². The van der Waals surface area contributed by atoms with Gasteiger partial charge in [0.2, 0.25) is 11.6 Å². The molecule has 0 atom stereocenters. The second-order valence-electron chi connectivity index (χ2n) is 5.78. The Bertz CT molecular complexity index is 1040. The van der Waals surface area contributed by atoms with E-state index in [-0.39, 0.29) is 17.3 Å². The zero-order chi connectivity index (χ0) is 20.3. The second kappa shape index (κ2) is 8.36. The van der Waals surface area contributed by atoms with Crippen LogP contribution in [-0.4, -0.2) is 36.9 Å². The van der Waals surface area contributed by atoms with Crippen LogP contribution in [0.2, 0.25) is 10.0 Å². The van der Waals surface area contributed by atoms with Gasteiger partial charge in [-0.1, -0.05) is 47.8 Å². The predicted octanol–water partition coefficient (Wildman–Crippen LogP) is 2.65. The van der Waals surface area contributed by atoms with Crippen LogP contribution < -0.4 is 11.2 Å². The lowest BCUT2D eigenvalue weighted by atomic mass is 10.1. The fraction of sp³-hybridized carbons (Fsp3) is 0.250. The molecule has 0 fully saturated rings. The average Bonchev–Trinajstić information content (AvgIpc) is 3.25. The summed E-state index contributed by atoms with van der Waals surface area (Å²) in [4.78, 5) is 12.6. The number of aromatic nitrogens is 5. The number of anilines is 1. The average molecular weight is 423 g/mol. The van der Waals surface area contributed by atoms with E-state index in [2.05, 4.69) is 35.8 Å². The highest BCUT2D eigenvalue weighted by atomic mass is 35.5. The lowest BCUT2D eigenvalue weighted by Gasteiger charge is -2.06. The topological polar surface area (TPSA) is 137 Å². The largest absolute Gasteiger partial charge is 0.378 e. The van der Waals surface area contributed by atoms with E-state index in [4.69, 9.17) is 28.9 Å². The van der Waals surface area contributed by atoms with Crippen molar-refractivity contribution in [3.63, 3.8) is 0 Å². The molecule has 1 amide bonds. The highest BCUT2D eigenvalue weighted by molar-refractivity contribution is 6.37. The lowest BCUT2D eigenvalue weighted by molar-refractivity contribution is 0.0948. The number of hydrazone groups is 1. The molecule has 2 heterocycles. The van der Waals surface area contributed by atoms with Crippen molar-refractivity contribution >= 4 is 40.6 Å². The van der Waals surface area contributed by atoms with Crippen LogP contribution in [0.5, 0.6) is 0 Å². The number of hydrogen-bond donors (Lipinski definition) is 2. The molecule has 3 aromatic rings. The number of nitrogens with zero attached hydrogens (tertiary/aromatic N) is 6. The number of halogens is 2. The van der Waals surface area contributed by atoms with Crippen molar-refractivity contribution in [1.82, 2.24) is 30.7 Å². The molecule has 3 N–H and O–H groups in total. The van der Waals surface area contributed by atoms with Crippen molar-refractivity contribution in [1.29, 1.82) is 0 Å². The summed E-state index contributed by atoms with van der Waals surface area (Å²) in [6.07, 6.45) is 1.25. The van der Waals surface area contributed by atoms with Crippen molar-refractivity contribution in [2.45, 2.75) is 26.7 Å². The van der Waals surface area contributed by atoms with Crippen molar-refractivity contribution in [2.75, 3.05) is 5.73 Å². The van der Waals surface area contributed by atoms with Gasteiger partial charge in [0.15, 0.2) is 5.69 Å². The Kier molecular flexibility index (Phi) is 5.90. The fourth-order valence-corrected chi connectivity index (χ4v) is 3.02. The number of nitrogens with two attached hydrogens (primary N) is 1. The number of hydrogen-bond acceptors (Lipinski definition) is 8. The van der Waals surface area contributed by atoms with Crippen LogP contribution in [-0.2, 0) is 6.42 Å². The van der Waals surface area contributed by atoms with Crippen molar-refractivity contribution in [3.8, 4) is 5.82 Å². The first kappa shape index (κ1) is 19.8. The molecular weight excluding hydrogens is 407 g/mol. The standard InChI is InChI=1S/C16H16Cl2N8O2/c1-3-4-12-13(21-25-26(12)15-14(19)23-28-24-15)16(27)22-20-8(2)10-6-5-9(17)7-11(10)18/h5-7H,3-4H2,1-2H3,(H2,19,23)(H,22,27). The Morgan fingerprint density at radius 2 is 2.14 bits per heavy atom. The number of rotatable bonds is 6. The van der Waals surface area contributed by atoms with Gasteiger partial charge in [0.1, 0.15) is 0 Å². The molecule has 1 aromatic carbocycles. The van der Waals surface area contributed by atoms with Crippen LogP contribution in [0.1, 0.15) is 42.0 Å². The van der Waals surface area contributed by atoms with Gasteiger partial charge in [-0.3, -0.25) is 4.79 Å². The Morgan fingerprint density at radius 3 is 2.79 bits per heavy atom. The summed E-state index contributed by atoms with van der Waals surface area (Å²) in [5.74, 6) is -0.322. The Labute approximate surface area is 169 Å². The van der Waals surface area contributed by atoms with Gasteiger partial charge >= 0.3 is 0 Å². The minimum atomic E-state index is -0.533. The van der Waals surface area contributed by atoms with Crippen molar-refractivity contribution in [3.05, 3.63) is 45.2 Å². The summed E-state index contributed by atoms with van der Waals surface area (Å²) >= 11 is 12.1. The molecule has 0 spiro atoms. The normalized spacial score (nSPS) is 11.6. The highest BCUT2D eigenvalue weighted by Crippen LogP contribution is 2.21. The maximum Gasteiger partial charge on any atom is 0.293 e. The molecule has 0 unspecified atom stereocenters. The molecule has 0 aliphatic rings. The third kappa shape index (κ3) is 3.97. The molecule has 0 radical (unpaired) electrons. The summed E-state index contributed by atoms with van der Waals surface area (Å²) in [7, 11) is 0. The Balaban J connectivity index is 1.86. The molecule has 12 heteroatoms. The quantitative estimate of drug-likeness (QED) is 0.459. The van der Waals surface area contributed by atoms with Crippen LogP contribution in [0, 0.1) is 0 Å². The molecule has 28 heavy (non-hydrogen) atoms. The molecule has 0 saturated carbocycles. The van der Waals surface area contributed by atoms with E-state index in [0.29, 0.717) is 33.4 Å². The minimum absolute atomic E-state index is 0.0421. The predicted molar refractivity (Wildman–Crippen MR) is 104 cm³/mol. The maximum atomic E-state index is 12.6. The van der Waals surface area contributed by atoms with Crippen LogP contribution in [0.25, 0.3) is 5.82 Å². The van der Waals surface area contributed by atoms with E-state index in [0.717, 1.165) is 6.42 Å². The smallest absolute Gasteiger partial charge is 0.293 e. The summed E-state index contributed by atoms with van der Waals surface area (Å²) in [6, 6.07) is 5.00. The zero-order valence-corrected chi connectivity index (χ0v) is 16.5. The monoisotopic (exact) mass is 422 g/mol. The van der Waals surface area contributed by atoms with Crippen LogP contribution >= 0.6 is 23.2 Å². The highest BCUT2D eigenvalue weighted by Gasteiger charge is 2.23. The molecule has 0 aliphatic carbocycles. The maximum absolute atomic E-state index is 12.6. The summed E-state index contributed by atoms with van der Waals surface area (Å²) in [6.45, 7) is 3.66. The molecule has 0 bridgehead atoms. The minimum Gasteiger partial charge on any atom is -0.378 e. The summed E-state index contributed by atoms with van der Waals surface area (Å²) in [5.41, 5.74) is 9.93. The molecule has 10 nitrogen and oxygen atoms in total. The Hall–Kier alpha value is -2.98. The number of benzene rings is 1. The molecule has 3 rings (SSSR count). The van der Waals surface area contributed by atoms with Gasteiger partial charge in [-0.25, -0.2) is 10.1 Å². The van der Waals surface area contributed by atoms with Gasteiger partial charge in [0.25, 0.3) is 5.91 Å². The number of nitrogens with one attached hydrogen (secondary N) is 1. The fourth-order valence-electron chi connectivity index (χ4n) is 2.48. The number of nitrogen functional groups attached to an aromatic ring is 1. The molecule has 2 aromatic heterocycles. The summed E-state index contributed by atoms with van der Waals surface area (Å²) < 4.78 is 5.92. The van der Waals surface area contributed by atoms with E-state index >= 15 is 0 Å². The number of carbonyl (C=O) groups is 1. The number of carbonyl (C=O) groups excluding carboxylic acids is 1. The lowest BCUT2D eigenvalue weighted by Crippen LogP contribution is -2.21. The van der Waals surface area contributed by atoms with Crippen molar-refractivity contribution in [2.24, 2.45) is 5.10 Å². The first-order valence-electron chi connectivity index (χ1n) is 8.25. The van der Waals surface area contributed by atoms with Crippen LogP contribution in [0.15, 0.2) is 27.9 Å². The first-order valence-corrected chi connectivity index (χ1v) is 9.01. The molecular formula is C16H16Cl2N8O2. The van der Waals surface area contributed by atoms with E-state index in [1.807, 2.05) is 6.92 Å². The molecule has 146 valence electrons. The van der Waals surface area contributed by atoms with Gasteiger partial charge in [0, 0.05) is 10.6 Å². The van der Waals surface area contributed by atoms with Gasteiger partial charge < -0.3 is 5.73 Å². The van der Waals surface area contributed by atoms with Crippen LogP contribution in [0.4, 0.5) is 5.82 Å². The van der Waals surface area contributed by atoms with Crippen LogP contribution in [0.3, 0.4) is 0 Å². The van der Waals surface area contributed by atoms with E-state index in [1.165, 1.54) is 4.68 Å². The first-order chi connectivity index (χ1) is 13.4. The van der Waals surface area contributed by atoms with E-state index in [1.54, 1.807) is 25.1 Å². The van der Waals surface area contributed by atoms with E-state index < -0.39 is 5.91 Å². The van der Waals surface area contributed by atoms with Gasteiger partial charge in [-0.05, 0) is 35.8 Å². The number of amides is 1. The van der Waals surface area contributed by atoms with E-state index in [9.17, 15) is 4.79 Å². The van der Waals surface area contributed by atoms with Gasteiger partial charge in [-0.15, -0.1) is 5.10 Å². The second-order valence-corrected chi connectivity index (χ2v) is 6.63. The zero-order valence-electron chi connectivity index (χ0n) is 15.0. The third-order valence-electron chi connectivity index (χ3n) is 3.81. The van der Waals surface area contributed by atoms with Gasteiger partial charge in [0.05, 0.1) is 16.4 Å². The molecule has 0 aliphatic heterocycles. The SMILES string of the molecule is CCCc1c(C(=O)NN=C(C)c2ccc(Cl)cc2Cl)nnn1-c1nonc1N. The Morgan fingerprint density at radius 1 is 1.36 bits per heavy atom. The molecule has 0 saturated heterocycles. The third-order valence-corrected chi connectivity index (χ3v) is 4.36. The van der Waals surface area contributed by atoms with Gasteiger partial charge in [-0.2, -0.15) is 9.78 Å². The summed E-state index contributed by atoms with van der Waals surface area (Å²) in [5, 5.41) is 20.1.